The lowest BCUT2D eigenvalue weighted by Gasteiger charge is -2.11. The molecule has 0 atom stereocenters. The van der Waals surface area contributed by atoms with Gasteiger partial charge in [0, 0.05) is 30.4 Å². The molecule has 4 heterocycles. The van der Waals surface area contributed by atoms with E-state index >= 15 is 0 Å². The molecule has 0 aliphatic carbocycles. The smallest absolute Gasteiger partial charge is 0.267 e. The van der Waals surface area contributed by atoms with Crippen LogP contribution in [0.3, 0.4) is 0 Å². The molecule has 7 heteroatoms. The van der Waals surface area contributed by atoms with Crippen molar-refractivity contribution in [3.05, 3.63) is 64.9 Å². The predicted molar refractivity (Wildman–Crippen MR) is 114 cm³/mol. The minimum Gasteiger partial charge on any atom is -0.334 e. The Morgan fingerprint density at radius 2 is 2.14 bits per heavy atom. The minimum absolute atomic E-state index is 0.137. The van der Waals surface area contributed by atoms with E-state index in [2.05, 4.69) is 21.1 Å². The summed E-state index contributed by atoms with van der Waals surface area (Å²) in [5, 5.41) is 5.87. The van der Waals surface area contributed by atoms with Gasteiger partial charge in [0.2, 0.25) is 0 Å². The third-order valence-corrected chi connectivity index (χ3v) is 6.82. The Balaban J connectivity index is 1.35. The lowest BCUT2D eigenvalue weighted by Crippen LogP contribution is -2.10. The van der Waals surface area contributed by atoms with Gasteiger partial charge < -0.3 is 9.88 Å². The van der Waals surface area contributed by atoms with Crippen molar-refractivity contribution in [2.75, 3.05) is 5.32 Å². The molecule has 5 rings (SSSR count). The molecule has 0 bridgehead atoms. The fraction of sp³-hybridized carbons (Fsp3) is 0.190. The zero-order valence-electron chi connectivity index (χ0n) is 15.1. The normalized spacial score (nSPS) is 13.3. The molecule has 1 aromatic carbocycles. The van der Waals surface area contributed by atoms with Crippen molar-refractivity contribution in [2.24, 2.45) is 0 Å². The highest BCUT2D eigenvalue weighted by Gasteiger charge is 2.15. The number of nitrogens with one attached hydrogen (secondary N) is 1. The molecule has 4 aromatic rings. The summed E-state index contributed by atoms with van der Waals surface area (Å²) in [6.07, 6.45) is 7.21. The molecule has 1 amide bonds. The monoisotopic (exact) mass is 406 g/mol. The number of imidazole rings is 1. The fourth-order valence-electron chi connectivity index (χ4n) is 3.39. The maximum atomic E-state index is 12.6. The number of thiophene rings is 1. The first-order chi connectivity index (χ1) is 13.8. The zero-order valence-corrected chi connectivity index (χ0v) is 16.7. The van der Waals surface area contributed by atoms with Crippen LogP contribution < -0.4 is 5.32 Å². The van der Waals surface area contributed by atoms with Crippen LogP contribution in [0, 0.1) is 0 Å². The molecule has 1 aliphatic heterocycles. The largest absolute Gasteiger partial charge is 0.334 e. The van der Waals surface area contributed by atoms with E-state index < -0.39 is 0 Å². The SMILES string of the molecule is O=C(Nc1cccc(-c2cn3c(n2)CCCC3)c1)c1cnc(-c2cccs2)s1. The molecule has 3 aromatic heterocycles. The van der Waals surface area contributed by atoms with Gasteiger partial charge in [0.1, 0.15) is 15.7 Å². The first-order valence-electron chi connectivity index (χ1n) is 9.24. The second-order valence-electron chi connectivity index (χ2n) is 6.73. The van der Waals surface area contributed by atoms with E-state index in [1.807, 2.05) is 41.8 Å². The van der Waals surface area contributed by atoms with Crippen LogP contribution in [-0.2, 0) is 13.0 Å². The Kier molecular flexibility index (Phi) is 4.54. The summed E-state index contributed by atoms with van der Waals surface area (Å²) in [5.74, 6) is 1.02. The van der Waals surface area contributed by atoms with Gasteiger partial charge in [-0.15, -0.1) is 22.7 Å². The van der Waals surface area contributed by atoms with E-state index in [1.54, 1.807) is 17.5 Å². The Bertz CT molecular complexity index is 1100. The number of hydrogen-bond donors (Lipinski definition) is 1. The van der Waals surface area contributed by atoms with Crippen molar-refractivity contribution in [1.82, 2.24) is 14.5 Å². The van der Waals surface area contributed by atoms with Gasteiger partial charge >= 0.3 is 0 Å². The summed E-state index contributed by atoms with van der Waals surface area (Å²) < 4.78 is 2.24. The summed E-state index contributed by atoms with van der Waals surface area (Å²) in [6, 6.07) is 11.9. The van der Waals surface area contributed by atoms with Gasteiger partial charge in [-0.2, -0.15) is 0 Å². The third kappa shape index (κ3) is 3.39. The van der Waals surface area contributed by atoms with Crippen LogP contribution in [0.5, 0.6) is 0 Å². The maximum absolute atomic E-state index is 12.6. The highest BCUT2D eigenvalue weighted by Crippen LogP contribution is 2.30. The number of benzene rings is 1. The predicted octanol–water partition coefficient (Wildman–Crippen LogP) is 5.32. The maximum Gasteiger partial charge on any atom is 0.267 e. The van der Waals surface area contributed by atoms with Gasteiger partial charge in [-0.3, -0.25) is 4.79 Å². The molecule has 0 spiro atoms. The van der Waals surface area contributed by atoms with Crippen LogP contribution in [0.2, 0.25) is 0 Å². The number of rotatable bonds is 4. The number of carbonyl (C=O) groups is 1. The van der Waals surface area contributed by atoms with Gasteiger partial charge in [0.05, 0.1) is 16.8 Å². The molecule has 0 unspecified atom stereocenters. The van der Waals surface area contributed by atoms with Crippen LogP contribution >= 0.6 is 22.7 Å². The van der Waals surface area contributed by atoms with Gasteiger partial charge in [-0.1, -0.05) is 18.2 Å². The quantitative estimate of drug-likeness (QED) is 0.499. The van der Waals surface area contributed by atoms with E-state index in [9.17, 15) is 4.79 Å². The summed E-state index contributed by atoms with van der Waals surface area (Å²) in [4.78, 5) is 23.5. The molecular weight excluding hydrogens is 388 g/mol. The first kappa shape index (κ1) is 17.3. The number of amides is 1. The van der Waals surface area contributed by atoms with Crippen LogP contribution in [0.1, 0.15) is 28.3 Å². The average molecular weight is 407 g/mol. The number of carbonyl (C=O) groups excluding carboxylic acids is 1. The van der Waals surface area contributed by atoms with E-state index in [0.29, 0.717) is 4.88 Å². The highest BCUT2D eigenvalue weighted by atomic mass is 32.1. The summed E-state index contributed by atoms with van der Waals surface area (Å²) in [5.41, 5.74) is 2.74. The molecule has 1 N–H and O–H groups in total. The summed E-state index contributed by atoms with van der Waals surface area (Å²) in [6.45, 7) is 1.04. The Labute approximate surface area is 170 Å². The number of nitrogens with zero attached hydrogens (tertiary/aromatic N) is 3. The van der Waals surface area contributed by atoms with Crippen molar-refractivity contribution in [3.63, 3.8) is 0 Å². The Hall–Kier alpha value is -2.77. The number of aromatic nitrogens is 3. The number of hydrogen-bond acceptors (Lipinski definition) is 5. The highest BCUT2D eigenvalue weighted by molar-refractivity contribution is 7.22. The number of thiazole rings is 1. The second-order valence-corrected chi connectivity index (χ2v) is 8.71. The van der Waals surface area contributed by atoms with Gasteiger partial charge in [-0.25, -0.2) is 9.97 Å². The Morgan fingerprint density at radius 1 is 1.18 bits per heavy atom. The summed E-state index contributed by atoms with van der Waals surface area (Å²) >= 11 is 3.03. The minimum atomic E-state index is -0.137. The standard InChI is InChI=1S/C21H18N4OS2/c26-20(18-12-22-21(28-18)17-7-4-10-27-17)23-15-6-3-5-14(11-15)16-13-25-9-2-1-8-19(25)24-16/h3-7,10-13H,1-2,8-9H2,(H,23,26). The van der Waals surface area contributed by atoms with Crippen LogP contribution in [0.15, 0.2) is 54.2 Å². The molecule has 28 heavy (non-hydrogen) atoms. The van der Waals surface area contributed by atoms with Crippen molar-refractivity contribution in [3.8, 4) is 21.1 Å². The van der Waals surface area contributed by atoms with Crippen LogP contribution in [-0.4, -0.2) is 20.4 Å². The zero-order chi connectivity index (χ0) is 18.9. The summed E-state index contributed by atoms with van der Waals surface area (Å²) in [7, 11) is 0. The third-order valence-electron chi connectivity index (χ3n) is 4.79. The average Bonchev–Trinajstić information content (AvgIpc) is 3.47. The van der Waals surface area contributed by atoms with Crippen LogP contribution in [0.4, 0.5) is 5.69 Å². The van der Waals surface area contributed by atoms with E-state index in [-0.39, 0.29) is 5.91 Å². The van der Waals surface area contributed by atoms with Gasteiger partial charge in [0.25, 0.3) is 5.91 Å². The number of aryl methyl sites for hydroxylation is 2. The molecule has 0 radical (unpaired) electrons. The van der Waals surface area contributed by atoms with E-state index in [1.165, 1.54) is 24.2 Å². The molecular formula is C21H18N4OS2. The lowest BCUT2D eigenvalue weighted by molar-refractivity contribution is 0.103. The lowest BCUT2D eigenvalue weighted by atomic mass is 10.1. The van der Waals surface area contributed by atoms with Crippen LogP contribution in [0.25, 0.3) is 21.1 Å². The van der Waals surface area contributed by atoms with Gasteiger partial charge in [-0.05, 0) is 36.4 Å². The molecule has 1 aliphatic rings. The van der Waals surface area contributed by atoms with Crippen molar-refractivity contribution < 1.29 is 4.79 Å². The van der Waals surface area contributed by atoms with Crippen molar-refractivity contribution in [1.29, 1.82) is 0 Å². The number of anilines is 1. The van der Waals surface area contributed by atoms with Gasteiger partial charge in [0.15, 0.2) is 0 Å². The van der Waals surface area contributed by atoms with E-state index in [4.69, 9.17) is 4.98 Å². The number of fused-ring (bicyclic) bond motifs is 1. The molecule has 140 valence electrons. The molecule has 0 saturated heterocycles. The fourth-order valence-corrected chi connectivity index (χ4v) is 5.01. The molecule has 0 fully saturated rings. The molecule has 5 nitrogen and oxygen atoms in total. The van der Waals surface area contributed by atoms with Crippen molar-refractivity contribution in [2.45, 2.75) is 25.8 Å². The second kappa shape index (κ2) is 7.33. The van der Waals surface area contributed by atoms with Crippen molar-refractivity contribution >= 4 is 34.3 Å². The van der Waals surface area contributed by atoms with E-state index in [0.717, 1.165) is 45.6 Å². The first-order valence-corrected chi connectivity index (χ1v) is 10.9. The topological polar surface area (TPSA) is 59.8 Å². The molecule has 0 saturated carbocycles. The Morgan fingerprint density at radius 3 is 3.00 bits per heavy atom.